The van der Waals surface area contributed by atoms with Crippen molar-refractivity contribution in [2.45, 2.75) is 56.6 Å². The van der Waals surface area contributed by atoms with Crippen LogP contribution in [-0.4, -0.2) is 32.2 Å². The molecule has 1 aliphatic carbocycles. The lowest BCUT2D eigenvalue weighted by atomic mass is 9.89. The minimum absolute atomic E-state index is 0.0294. The van der Waals surface area contributed by atoms with Crippen LogP contribution in [0.3, 0.4) is 0 Å². The Morgan fingerprint density at radius 2 is 2.07 bits per heavy atom. The zero-order valence-corrected chi connectivity index (χ0v) is 17.0. The second-order valence-corrected chi connectivity index (χ2v) is 7.99. The summed E-state index contributed by atoms with van der Waals surface area (Å²) in [7, 11) is 0. The van der Waals surface area contributed by atoms with E-state index in [2.05, 4.69) is 26.7 Å². The summed E-state index contributed by atoms with van der Waals surface area (Å²) >= 11 is 1.37. The number of anilines is 1. The van der Waals surface area contributed by atoms with Crippen molar-refractivity contribution in [2.75, 3.05) is 11.1 Å². The topological polar surface area (TPSA) is 76.9 Å². The molecular formula is C21H26N4O2S. The van der Waals surface area contributed by atoms with Gasteiger partial charge in [-0.15, -0.1) is 16.8 Å². The fourth-order valence-corrected chi connectivity index (χ4v) is 4.27. The highest BCUT2D eigenvalue weighted by Crippen LogP contribution is 2.33. The lowest BCUT2D eigenvalue weighted by Crippen LogP contribution is -2.16. The lowest BCUT2D eigenvalue weighted by Gasteiger charge is -2.21. The van der Waals surface area contributed by atoms with E-state index in [1.807, 2.05) is 6.08 Å². The number of rotatable bonds is 8. The van der Waals surface area contributed by atoms with Gasteiger partial charge in [-0.05, 0) is 31.9 Å². The van der Waals surface area contributed by atoms with E-state index in [4.69, 9.17) is 0 Å². The van der Waals surface area contributed by atoms with Crippen LogP contribution in [0.5, 0.6) is 0 Å². The van der Waals surface area contributed by atoms with Crippen LogP contribution in [0.2, 0.25) is 0 Å². The number of ketones is 1. The third kappa shape index (κ3) is 5.10. The van der Waals surface area contributed by atoms with Crippen LogP contribution in [-0.2, 0) is 11.3 Å². The molecule has 0 spiro atoms. The van der Waals surface area contributed by atoms with Gasteiger partial charge in [0, 0.05) is 23.7 Å². The smallest absolute Gasteiger partial charge is 0.234 e. The summed E-state index contributed by atoms with van der Waals surface area (Å²) in [6.07, 6.45) is 7.89. The maximum atomic E-state index is 12.4. The molecule has 0 aliphatic heterocycles. The Kier molecular flexibility index (Phi) is 7.03. The van der Waals surface area contributed by atoms with Gasteiger partial charge in [0.25, 0.3) is 0 Å². The number of carbonyl (C=O) groups is 2. The molecule has 7 heteroatoms. The zero-order chi connectivity index (χ0) is 19.9. The molecular weight excluding hydrogens is 372 g/mol. The summed E-state index contributed by atoms with van der Waals surface area (Å²) in [5, 5.41) is 12.3. The van der Waals surface area contributed by atoms with Crippen LogP contribution < -0.4 is 5.32 Å². The average molecular weight is 399 g/mol. The predicted octanol–water partition coefficient (Wildman–Crippen LogP) is 4.45. The van der Waals surface area contributed by atoms with Crippen LogP contribution in [0, 0.1) is 0 Å². The summed E-state index contributed by atoms with van der Waals surface area (Å²) in [5.41, 5.74) is 1.20. The van der Waals surface area contributed by atoms with Crippen molar-refractivity contribution in [1.82, 2.24) is 14.8 Å². The van der Waals surface area contributed by atoms with Gasteiger partial charge < -0.3 is 9.88 Å². The Balaban J connectivity index is 1.64. The summed E-state index contributed by atoms with van der Waals surface area (Å²) in [4.78, 5) is 23.8. The Hall–Kier alpha value is -2.41. The number of nitrogens with one attached hydrogen (secondary N) is 1. The molecule has 1 aromatic heterocycles. The van der Waals surface area contributed by atoms with Crippen molar-refractivity contribution < 1.29 is 9.59 Å². The summed E-state index contributed by atoms with van der Waals surface area (Å²) in [6, 6.07) is 6.95. The first-order valence-electron chi connectivity index (χ1n) is 9.66. The van der Waals surface area contributed by atoms with Crippen molar-refractivity contribution in [3.63, 3.8) is 0 Å². The molecule has 1 aliphatic rings. The highest BCUT2D eigenvalue weighted by Gasteiger charge is 2.23. The molecule has 1 saturated carbocycles. The maximum Gasteiger partial charge on any atom is 0.234 e. The normalized spacial score (nSPS) is 14.6. The summed E-state index contributed by atoms with van der Waals surface area (Å²) < 4.78 is 2.08. The van der Waals surface area contributed by atoms with Gasteiger partial charge >= 0.3 is 0 Å². The monoisotopic (exact) mass is 398 g/mol. The maximum absolute atomic E-state index is 12.4. The molecule has 1 fully saturated rings. The number of amides is 1. The first-order valence-corrected chi connectivity index (χ1v) is 10.6. The molecule has 2 aromatic rings. The Morgan fingerprint density at radius 3 is 2.79 bits per heavy atom. The van der Waals surface area contributed by atoms with E-state index < -0.39 is 0 Å². The largest absolute Gasteiger partial charge is 0.325 e. The van der Waals surface area contributed by atoms with Crippen LogP contribution >= 0.6 is 11.8 Å². The molecule has 1 N–H and O–H groups in total. The predicted molar refractivity (Wildman–Crippen MR) is 112 cm³/mol. The van der Waals surface area contributed by atoms with E-state index in [-0.39, 0.29) is 17.4 Å². The van der Waals surface area contributed by atoms with E-state index in [1.165, 1.54) is 37.9 Å². The van der Waals surface area contributed by atoms with Gasteiger partial charge in [-0.25, -0.2) is 0 Å². The Bertz CT molecular complexity index is 856. The number of allylic oxidation sites excluding steroid dienone is 1. The van der Waals surface area contributed by atoms with E-state index >= 15 is 0 Å². The number of carbonyl (C=O) groups excluding carboxylic acids is 2. The minimum atomic E-state index is -0.141. The van der Waals surface area contributed by atoms with Crippen molar-refractivity contribution in [2.24, 2.45) is 0 Å². The first kappa shape index (κ1) is 20.3. The molecule has 0 saturated heterocycles. The molecule has 1 aromatic carbocycles. The highest BCUT2D eigenvalue weighted by molar-refractivity contribution is 7.99. The Labute approximate surface area is 169 Å². The second-order valence-electron chi connectivity index (χ2n) is 7.05. The molecule has 148 valence electrons. The third-order valence-corrected chi connectivity index (χ3v) is 5.88. The molecule has 3 rings (SSSR count). The van der Waals surface area contributed by atoms with Crippen molar-refractivity contribution >= 4 is 29.1 Å². The molecule has 6 nitrogen and oxygen atoms in total. The number of thioether (sulfide) groups is 1. The van der Waals surface area contributed by atoms with Crippen molar-refractivity contribution in [3.05, 3.63) is 48.3 Å². The number of hydrogen-bond donors (Lipinski definition) is 1. The van der Waals surface area contributed by atoms with Gasteiger partial charge in [-0.3, -0.25) is 9.59 Å². The summed E-state index contributed by atoms with van der Waals surface area (Å²) in [5.74, 6) is 1.51. The highest BCUT2D eigenvalue weighted by atomic mass is 32.2. The SMILES string of the molecule is C=CCn1c(SCC(=O)Nc2cccc(C(C)=O)c2)nnc1C1CCCCC1. The quantitative estimate of drug-likeness (QED) is 0.404. The standard InChI is InChI=1S/C21H26N4O2S/c1-3-12-25-20(16-8-5-4-6-9-16)23-24-21(25)28-14-19(27)22-18-11-7-10-17(13-18)15(2)26/h3,7,10-11,13,16H,1,4-6,8-9,12,14H2,2H3,(H,22,27). The van der Waals surface area contributed by atoms with Crippen molar-refractivity contribution in [3.8, 4) is 0 Å². The number of Topliss-reactive ketones (excluding diaryl/α,β-unsaturated/α-hetero) is 1. The van der Waals surface area contributed by atoms with Crippen LogP contribution in [0.25, 0.3) is 0 Å². The van der Waals surface area contributed by atoms with E-state index in [1.54, 1.807) is 24.3 Å². The van der Waals surface area contributed by atoms with Crippen LogP contribution in [0.1, 0.15) is 61.1 Å². The molecule has 28 heavy (non-hydrogen) atoms. The number of aromatic nitrogens is 3. The van der Waals surface area contributed by atoms with E-state index in [9.17, 15) is 9.59 Å². The van der Waals surface area contributed by atoms with E-state index in [0.29, 0.717) is 23.7 Å². The molecule has 0 atom stereocenters. The Morgan fingerprint density at radius 1 is 1.29 bits per heavy atom. The third-order valence-electron chi connectivity index (χ3n) is 4.91. The van der Waals surface area contributed by atoms with Crippen LogP contribution in [0.4, 0.5) is 5.69 Å². The molecule has 1 heterocycles. The second kappa shape index (κ2) is 9.68. The number of nitrogens with zero attached hydrogens (tertiary/aromatic N) is 3. The van der Waals surface area contributed by atoms with Crippen molar-refractivity contribution in [1.29, 1.82) is 0 Å². The van der Waals surface area contributed by atoms with Crippen LogP contribution in [0.15, 0.2) is 42.1 Å². The molecule has 0 unspecified atom stereocenters. The van der Waals surface area contributed by atoms with Gasteiger partial charge in [0.05, 0.1) is 5.75 Å². The van der Waals surface area contributed by atoms with Gasteiger partial charge in [0.1, 0.15) is 5.82 Å². The van der Waals surface area contributed by atoms with Gasteiger partial charge in [-0.1, -0.05) is 49.2 Å². The number of hydrogen-bond acceptors (Lipinski definition) is 5. The van der Waals surface area contributed by atoms with E-state index in [0.717, 1.165) is 23.8 Å². The average Bonchev–Trinajstić information content (AvgIpc) is 3.10. The fourth-order valence-electron chi connectivity index (χ4n) is 3.51. The lowest BCUT2D eigenvalue weighted by molar-refractivity contribution is -0.113. The minimum Gasteiger partial charge on any atom is -0.325 e. The fraction of sp³-hybridized carbons (Fsp3) is 0.429. The first-order chi connectivity index (χ1) is 13.6. The van der Waals surface area contributed by atoms with Gasteiger partial charge in [0.2, 0.25) is 5.91 Å². The molecule has 0 bridgehead atoms. The number of benzene rings is 1. The molecule has 1 amide bonds. The van der Waals surface area contributed by atoms with Gasteiger partial charge in [0.15, 0.2) is 10.9 Å². The molecule has 0 radical (unpaired) electrons. The summed E-state index contributed by atoms with van der Waals surface area (Å²) in [6.45, 7) is 5.99. The zero-order valence-electron chi connectivity index (χ0n) is 16.2. The van der Waals surface area contributed by atoms with Gasteiger partial charge in [-0.2, -0.15) is 0 Å².